The lowest BCUT2D eigenvalue weighted by atomic mass is 9.95. The smallest absolute Gasteiger partial charge is 0.118 e. The fourth-order valence-electron chi connectivity index (χ4n) is 2.84. The highest BCUT2D eigenvalue weighted by Gasteiger charge is 2.36. The van der Waals surface area contributed by atoms with Gasteiger partial charge in [0.05, 0.1) is 19.2 Å². The number of benzene rings is 1. The van der Waals surface area contributed by atoms with Gasteiger partial charge >= 0.3 is 0 Å². The summed E-state index contributed by atoms with van der Waals surface area (Å²) >= 11 is 0. The largest absolute Gasteiger partial charge is 0.497 e. The normalized spacial score (nSPS) is 17.3. The highest BCUT2D eigenvalue weighted by molar-refractivity contribution is 5.30. The summed E-state index contributed by atoms with van der Waals surface area (Å²) in [5.41, 5.74) is 7.62. The number of nitrogens with two attached hydrogens (primary N) is 1. The van der Waals surface area contributed by atoms with Gasteiger partial charge in [-0.05, 0) is 37.0 Å². The van der Waals surface area contributed by atoms with Gasteiger partial charge in [0.2, 0.25) is 0 Å². The molecule has 0 heterocycles. The van der Waals surface area contributed by atoms with E-state index in [1.165, 1.54) is 18.4 Å². The number of hydrogen-bond donors (Lipinski definition) is 1. The molecular formula is C17H25N3O. The van der Waals surface area contributed by atoms with E-state index in [9.17, 15) is 0 Å². The highest BCUT2D eigenvalue weighted by Crippen LogP contribution is 2.36. The topological polar surface area (TPSA) is 62.3 Å². The molecule has 0 saturated heterocycles. The van der Waals surface area contributed by atoms with E-state index in [0.717, 1.165) is 18.7 Å². The van der Waals surface area contributed by atoms with Gasteiger partial charge in [0.25, 0.3) is 0 Å². The van der Waals surface area contributed by atoms with Gasteiger partial charge < -0.3 is 10.5 Å². The molecule has 0 bridgehead atoms. The lowest BCUT2D eigenvalue weighted by molar-refractivity contribution is 0.163. The van der Waals surface area contributed by atoms with Gasteiger partial charge in [0, 0.05) is 25.0 Å². The molecule has 4 nitrogen and oxygen atoms in total. The van der Waals surface area contributed by atoms with Crippen molar-refractivity contribution in [3.05, 3.63) is 29.8 Å². The average molecular weight is 287 g/mol. The Morgan fingerprint density at radius 3 is 2.52 bits per heavy atom. The van der Waals surface area contributed by atoms with Crippen LogP contribution in [0.3, 0.4) is 0 Å². The second-order valence-electron chi connectivity index (χ2n) is 5.67. The Hall–Kier alpha value is -1.57. The maximum atomic E-state index is 8.91. The van der Waals surface area contributed by atoms with Crippen LogP contribution >= 0.6 is 0 Å². The van der Waals surface area contributed by atoms with E-state index in [-0.39, 0.29) is 12.1 Å². The second kappa shape index (κ2) is 7.44. The van der Waals surface area contributed by atoms with Crippen molar-refractivity contribution >= 4 is 0 Å². The number of hydrogen-bond acceptors (Lipinski definition) is 4. The third-order valence-electron chi connectivity index (χ3n) is 4.19. The molecule has 1 aromatic carbocycles. The highest BCUT2D eigenvalue weighted by atomic mass is 16.5. The molecule has 1 aliphatic rings. The van der Waals surface area contributed by atoms with E-state index in [1.807, 2.05) is 12.1 Å². The summed E-state index contributed by atoms with van der Waals surface area (Å²) < 4.78 is 5.23. The van der Waals surface area contributed by atoms with Crippen LogP contribution in [0.2, 0.25) is 0 Å². The van der Waals surface area contributed by atoms with Crippen LogP contribution in [0.15, 0.2) is 24.3 Å². The summed E-state index contributed by atoms with van der Waals surface area (Å²) in [6.45, 7) is 2.92. The van der Waals surface area contributed by atoms with Crippen LogP contribution in [0, 0.1) is 11.3 Å². The van der Waals surface area contributed by atoms with Crippen molar-refractivity contribution in [1.82, 2.24) is 4.90 Å². The van der Waals surface area contributed by atoms with E-state index in [4.69, 9.17) is 15.7 Å². The van der Waals surface area contributed by atoms with Crippen molar-refractivity contribution in [2.24, 2.45) is 5.73 Å². The first-order valence-corrected chi connectivity index (χ1v) is 7.73. The van der Waals surface area contributed by atoms with Crippen molar-refractivity contribution in [2.45, 2.75) is 50.7 Å². The zero-order valence-corrected chi connectivity index (χ0v) is 13.0. The molecule has 2 unspecified atom stereocenters. The van der Waals surface area contributed by atoms with Crippen molar-refractivity contribution in [3.8, 4) is 11.8 Å². The summed E-state index contributed by atoms with van der Waals surface area (Å²) in [5.74, 6) is 0.859. The molecule has 2 atom stereocenters. The fraction of sp³-hybridized carbons (Fsp3) is 0.588. The van der Waals surface area contributed by atoms with Crippen LogP contribution in [-0.2, 0) is 0 Å². The minimum atomic E-state index is 0.0812. The predicted octanol–water partition coefficient (Wildman–Crippen LogP) is 2.85. The molecule has 0 radical (unpaired) electrons. The lowest BCUT2D eigenvalue weighted by Crippen LogP contribution is -2.42. The number of nitriles is 1. The second-order valence-corrected chi connectivity index (χ2v) is 5.67. The molecule has 21 heavy (non-hydrogen) atoms. The quantitative estimate of drug-likeness (QED) is 0.798. The zero-order valence-electron chi connectivity index (χ0n) is 13.0. The van der Waals surface area contributed by atoms with Crippen LogP contribution in [0.25, 0.3) is 0 Å². The molecule has 1 aromatic rings. The van der Waals surface area contributed by atoms with Gasteiger partial charge in [-0.3, -0.25) is 4.90 Å². The number of methoxy groups -OCH3 is 1. The standard InChI is InChI=1S/C17H25N3O/c1-3-16(19)17(13-5-9-15(21-2)10-6-13)20(12-4-11-18)14-7-8-14/h5-6,9-10,14,16-17H,3-4,7-8,12,19H2,1-2H3. The molecule has 0 amide bonds. The summed E-state index contributed by atoms with van der Waals surface area (Å²) in [6.07, 6.45) is 3.91. The SMILES string of the molecule is CCC(N)C(c1ccc(OC)cc1)N(CCC#N)C1CC1. The van der Waals surface area contributed by atoms with Crippen molar-refractivity contribution in [2.75, 3.05) is 13.7 Å². The Morgan fingerprint density at radius 2 is 2.05 bits per heavy atom. The van der Waals surface area contributed by atoms with Crippen molar-refractivity contribution in [1.29, 1.82) is 5.26 Å². The number of ether oxygens (including phenoxy) is 1. The first kappa shape index (κ1) is 15.8. The lowest BCUT2D eigenvalue weighted by Gasteiger charge is -2.35. The summed E-state index contributed by atoms with van der Waals surface area (Å²) in [7, 11) is 1.67. The summed E-state index contributed by atoms with van der Waals surface area (Å²) in [4.78, 5) is 2.43. The van der Waals surface area contributed by atoms with Gasteiger partial charge in [-0.1, -0.05) is 19.1 Å². The Balaban J connectivity index is 2.24. The van der Waals surface area contributed by atoms with Crippen LogP contribution in [0.4, 0.5) is 0 Å². The summed E-state index contributed by atoms with van der Waals surface area (Å²) in [6, 6.07) is 11.3. The first-order chi connectivity index (χ1) is 10.2. The Morgan fingerprint density at radius 1 is 1.38 bits per heavy atom. The van der Waals surface area contributed by atoms with Gasteiger partial charge in [-0.2, -0.15) is 5.26 Å². The van der Waals surface area contributed by atoms with Gasteiger partial charge in [-0.15, -0.1) is 0 Å². The third kappa shape index (κ3) is 3.96. The minimum absolute atomic E-state index is 0.0812. The summed E-state index contributed by atoms with van der Waals surface area (Å²) in [5, 5.41) is 8.91. The van der Waals surface area contributed by atoms with E-state index in [2.05, 4.69) is 30.0 Å². The molecule has 114 valence electrons. The Labute approximate surface area is 127 Å². The zero-order chi connectivity index (χ0) is 15.2. The van der Waals surface area contributed by atoms with Gasteiger partial charge in [0.1, 0.15) is 5.75 Å². The van der Waals surface area contributed by atoms with E-state index in [0.29, 0.717) is 12.5 Å². The molecule has 2 N–H and O–H groups in total. The molecule has 2 rings (SSSR count). The first-order valence-electron chi connectivity index (χ1n) is 7.73. The molecule has 0 aromatic heterocycles. The third-order valence-corrected chi connectivity index (χ3v) is 4.19. The van der Waals surface area contributed by atoms with Gasteiger partial charge in [0.15, 0.2) is 0 Å². The van der Waals surface area contributed by atoms with Crippen LogP contribution in [-0.4, -0.2) is 30.6 Å². The Kier molecular flexibility index (Phi) is 5.60. The van der Waals surface area contributed by atoms with Gasteiger partial charge in [-0.25, -0.2) is 0 Å². The molecule has 0 aliphatic heterocycles. The molecular weight excluding hydrogens is 262 g/mol. The monoisotopic (exact) mass is 287 g/mol. The van der Waals surface area contributed by atoms with E-state index < -0.39 is 0 Å². The molecule has 1 saturated carbocycles. The van der Waals surface area contributed by atoms with Crippen LogP contribution in [0.5, 0.6) is 5.75 Å². The molecule has 4 heteroatoms. The molecule has 0 spiro atoms. The maximum Gasteiger partial charge on any atom is 0.118 e. The van der Waals surface area contributed by atoms with Crippen molar-refractivity contribution in [3.63, 3.8) is 0 Å². The van der Waals surface area contributed by atoms with Crippen LogP contribution in [0.1, 0.15) is 44.2 Å². The van der Waals surface area contributed by atoms with Crippen molar-refractivity contribution < 1.29 is 4.74 Å². The predicted molar refractivity (Wildman–Crippen MR) is 84.0 cm³/mol. The van der Waals surface area contributed by atoms with E-state index in [1.54, 1.807) is 7.11 Å². The number of rotatable bonds is 8. The van der Waals surface area contributed by atoms with Crippen LogP contribution < -0.4 is 10.5 Å². The Bertz CT molecular complexity index is 476. The molecule has 1 fully saturated rings. The van der Waals surface area contributed by atoms with E-state index >= 15 is 0 Å². The minimum Gasteiger partial charge on any atom is -0.497 e. The fourth-order valence-corrected chi connectivity index (χ4v) is 2.84. The molecule has 1 aliphatic carbocycles. The maximum absolute atomic E-state index is 8.91. The average Bonchev–Trinajstić information content (AvgIpc) is 3.35. The number of nitrogens with zero attached hydrogens (tertiary/aromatic N) is 2.